The van der Waals surface area contributed by atoms with E-state index in [1.165, 1.54) is 0 Å². The molecule has 0 unspecified atom stereocenters. The van der Waals surface area contributed by atoms with Crippen molar-refractivity contribution in [3.8, 4) is 11.8 Å². The van der Waals surface area contributed by atoms with Crippen molar-refractivity contribution in [3.05, 3.63) is 65.2 Å². The maximum absolute atomic E-state index is 9.07. The maximum Gasteiger partial charge on any atom is 0.186 e. The molecule has 5 nitrogen and oxygen atoms in total. The summed E-state index contributed by atoms with van der Waals surface area (Å²) < 4.78 is 5.72. The van der Waals surface area contributed by atoms with Crippen molar-refractivity contribution in [2.75, 3.05) is 6.54 Å². The summed E-state index contributed by atoms with van der Waals surface area (Å²) in [4.78, 5) is 0. The highest BCUT2D eigenvalue weighted by Gasteiger charge is 2.02. The Morgan fingerprint density at radius 2 is 2.00 bits per heavy atom. The van der Waals surface area contributed by atoms with E-state index in [1.807, 2.05) is 49.4 Å². The van der Waals surface area contributed by atoms with E-state index in [-0.39, 0.29) is 0 Å². The fourth-order valence-corrected chi connectivity index (χ4v) is 2.13. The maximum atomic E-state index is 9.07. The number of rotatable bonds is 6. The van der Waals surface area contributed by atoms with Crippen molar-refractivity contribution in [3.63, 3.8) is 0 Å². The number of benzene rings is 2. The standard InChI is InChI=1S/C18H18N4OS/c1-2-20-18(24)22-21-12-14-7-9-17(10-8-14)23-13-16-6-4-3-5-15(16)11-19/h3-10,12H,2,13H2,1H3,(H2,20,22,24). The topological polar surface area (TPSA) is 69.4 Å². The number of ether oxygens (including phenoxy) is 1. The first kappa shape index (κ1) is 17.4. The molecule has 2 aromatic rings. The molecule has 2 rings (SSSR count). The summed E-state index contributed by atoms with van der Waals surface area (Å²) in [5.41, 5.74) is 5.15. The van der Waals surface area contributed by atoms with Gasteiger partial charge in [-0.05, 0) is 55.0 Å². The van der Waals surface area contributed by atoms with Crippen LogP contribution in [-0.2, 0) is 6.61 Å². The van der Waals surface area contributed by atoms with Gasteiger partial charge in [-0.15, -0.1) is 0 Å². The Hall–Kier alpha value is -2.91. The van der Waals surface area contributed by atoms with Crippen LogP contribution >= 0.6 is 12.2 Å². The molecule has 0 bridgehead atoms. The average Bonchev–Trinajstić information content (AvgIpc) is 2.61. The van der Waals surface area contributed by atoms with Gasteiger partial charge in [0.25, 0.3) is 0 Å². The largest absolute Gasteiger partial charge is 0.489 e. The molecule has 24 heavy (non-hydrogen) atoms. The monoisotopic (exact) mass is 338 g/mol. The van der Waals surface area contributed by atoms with Crippen molar-refractivity contribution >= 4 is 23.5 Å². The zero-order chi connectivity index (χ0) is 17.2. The molecule has 0 aromatic heterocycles. The van der Waals surface area contributed by atoms with Crippen LogP contribution in [0.5, 0.6) is 5.75 Å². The molecular weight excluding hydrogens is 320 g/mol. The minimum Gasteiger partial charge on any atom is -0.489 e. The molecule has 0 amide bonds. The van der Waals surface area contributed by atoms with Crippen LogP contribution in [0.2, 0.25) is 0 Å². The number of nitrogens with zero attached hydrogens (tertiary/aromatic N) is 2. The summed E-state index contributed by atoms with van der Waals surface area (Å²) in [6.07, 6.45) is 1.68. The van der Waals surface area contributed by atoms with E-state index in [9.17, 15) is 0 Å². The molecule has 0 aliphatic carbocycles. The highest BCUT2D eigenvalue weighted by atomic mass is 32.1. The lowest BCUT2D eigenvalue weighted by Gasteiger charge is -2.07. The zero-order valence-electron chi connectivity index (χ0n) is 13.3. The molecule has 0 spiro atoms. The second-order valence-corrected chi connectivity index (χ2v) is 5.26. The second-order valence-electron chi connectivity index (χ2n) is 4.86. The number of nitriles is 1. The number of thiocarbonyl (C=S) groups is 1. The molecule has 0 heterocycles. The predicted octanol–water partition coefficient (Wildman–Crippen LogP) is 2.96. The first-order valence-electron chi connectivity index (χ1n) is 7.50. The van der Waals surface area contributed by atoms with Crippen molar-refractivity contribution in [1.82, 2.24) is 10.7 Å². The van der Waals surface area contributed by atoms with Crippen molar-refractivity contribution in [2.24, 2.45) is 5.10 Å². The van der Waals surface area contributed by atoms with Crippen LogP contribution < -0.4 is 15.5 Å². The lowest BCUT2D eigenvalue weighted by atomic mass is 10.1. The quantitative estimate of drug-likeness (QED) is 0.481. The highest BCUT2D eigenvalue weighted by molar-refractivity contribution is 7.80. The van der Waals surface area contributed by atoms with Gasteiger partial charge in [0.05, 0.1) is 17.8 Å². The minimum absolute atomic E-state index is 0.357. The molecule has 0 saturated heterocycles. The molecule has 6 heteroatoms. The summed E-state index contributed by atoms with van der Waals surface area (Å²) >= 11 is 5.01. The molecule has 0 fully saturated rings. The van der Waals surface area contributed by atoms with Crippen LogP contribution in [0.25, 0.3) is 0 Å². The van der Waals surface area contributed by atoms with Crippen LogP contribution in [-0.4, -0.2) is 17.9 Å². The molecule has 0 aliphatic heterocycles. The van der Waals surface area contributed by atoms with Gasteiger partial charge in [0.1, 0.15) is 12.4 Å². The second kappa shape index (κ2) is 9.28. The van der Waals surface area contributed by atoms with Gasteiger partial charge in [-0.2, -0.15) is 10.4 Å². The molecular formula is C18H18N4OS. The number of nitrogens with one attached hydrogen (secondary N) is 2. The Morgan fingerprint density at radius 3 is 2.71 bits per heavy atom. The fourth-order valence-electron chi connectivity index (χ4n) is 1.93. The van der Waals surface area contributed by atoms with Crippen LogP contribution in [0.4, 0.5) is 0 Å². The summed E-state index contributed by atoms with van der Waals surface area (Å²) in [7, 11) is 0. The van der Waals surface area contributed by atoms with Gasteiger partial charge in [0, 0.05) is 12.1 Å². The third kappa shape index (κ3) is 5.38. The van der Waals surface area contributed by atoms with Gasteiger partial charge in [-0.1, -0.05) is 18.2 Å². The van der Waals surface area contributed by atoms with Crippen molar-refractivity contribution < 1.29 is 4.74 Å². The molecule has 2 aromatic carbocycles. The zero-order valence-corrected chi connectivity index (χ0v) is 14.1. The number of hydrazone groups is 1. The van der Waals surface area contributed by atoms with Gasteiger partial charge >= 0.3 is 0 Å². The number of hydrogen-bond donors (Lipinski definition) is 2. The smallest absolute Gasteiger partial charge is 0.186 e. The minimum atomic E-state index is 0.357. The van der Waals surface area contributed by atoms with Gasteiger partial charge in [-0.25, -0.2) is 0 Å². The Labute approximate surface area is 147 Å². The molecule has 0 saturated carbocycles. The van der Waals surface area contributed by atoms with E-state index in [2.05, 4.69) is 21.9 Å². The normalized spacial score (nSPS) is 10.2. The lowest BCUT2D eigenvalue weighted by molar-refractivity contribution is 0.306. The Bertz CT molecular complexity index is 750. The highest BCUT2D eigenvalue weighted by Crippen LogP contribution is 2.15. The van der Waals surface area contributed by atoms with Gasteiger partial charge in [0.2, 0.25) is 0 Å². The van der Waals surface area contributed by atoms with E-state index in [1.54, 1.807) is 12.3 Å². The molecule has 122 valence electrons. The summed E-state index contributed by atoms with van der Waals surface area (Å²) in [6, 6.07) is 17.1. The van der Waals surface area contributed by atoms with Crippen LogP contribution in [0.1, 0.15) is 23.6 Å². The molecule has 0 aliphatic rings. The Balaban J connectivity index is 1.89. The predicted molar refractivity (Wildman–Crippen MR) is 98.9 cm³/mol. The van der Waals surface area contributed by atoms with E-state index >= 15 is 0 Å². The van der Waals surface area contributed by atoms with Gasteiger partial charge < -0.3 is 10.1 Å². The van der Waals surface area contributed by atoms with Crippen LogP contribution in [0, 0.1) is 11.3 Å². The van der Waals surface area contributed by atoms with E-state index in [0.717, 1.165) is 23.4 Å². The van der Waals surface area contributed by atoms with E-state index in [4.69, 9.17) is 22.2 Å². The Kier molecular flexibility index (Phi) is 6.74. The summed E-state index contributed by atoms with van der Waals surface area (Å²) in [6.45, 7) is 3.07. The van der Waals surface area contributed by atoms with Gasteiger partial charge in [0.15, 0.2) is 5.11 Å². The number of hydrogen-bond acceptors (Lipinski definition) is 4. The Morgan fingerprint density at radius 1 is 1.25 bits per heavy atom. The van der Waals surface area contributed by atoms with E-state index in [0.29, 0.717) is 17.3 Å². The SMILES string of the molecule is CCNC(=S)NN=Cc1ccc(OCc2ccccc2C#N)cc1. The molecule has 2 N–H and O–H groups in total. The summed E-state index contributed by atoms with van der Waals surface area (Å²) in [5.74, 6) is 0.732. The molecule has 0 radical (unpaired) electrons. The van der Waals surface area contributed by atoms with Crippen LogP contribution in [0.15, 0.2) is 53.6 Å². The average molecular weight is 338 g/mol. The van der Waals surface area contributed by atoms with Crippen LogP contribution in [0.3, 0.4) is 0 Å². The lowest BCUT2D eigenvalue weighted by Crippen LogP contribution is -2.31. The first-order valence-corrected chi connectivity index (χ1v) is 7.91. The third-order valence-electron chi connectivity index (χ3n) is 3.13. The summed E-state index contributed by atoms with van der Waals surface area (Å²) in [5, 5.41) is 16.6. The van der Waals surface area contributed by atoms with E-state index < -0.39 is 0 Å². The first-order chi connectivity index (χ1) is 11.7. The molecule has 0 atom stereocenters. The van der Waals surface area contributed by atoms with Gasteiger partial charge in [-0.3, -0.25) is 5.43 Å². The third-order valence-corrected chi connectivity index (χ3v) is 3.36. The van der Waals surface area contributed by atoms with Crippen molar-refractivity contribution in [2.45, 2.75) is 13.5 Å². The van der Waals surface area contributed by atoms with Crippen molar-refractivity contribution in [1.29, 1.82) is 5.26 Å². The fraction of sp³-hybridized carbons (Fsp3) is 0.167.